The Kier molecular flexibility index (Phi) is 6.09. The minimum atomic E-state index is -3.64. The molecule has 0 heterocycles. The van der Waals surface area contributed by atoms with E-state index in [1.165, 1.54) is 0 Å². The van der Waals surface area contributed by atoms with Crippen LogP contribution >= 0.6 is 0 Å². The van der Waals surface area contributed by atoms with Gasteiger partial charge in [-0.1, -0.05) is 48.5 Å². The molecule has 0 atom stereocenters. The van der Waals surface area contributed by atoms with Crippen molar-refractivity contribution in [2.45, 2.75) is 4.90 Å². The fourth-order valence-corrected chi connectivity index (χ4v) is 3.10. The highest BCUT2D eigenvalue weighted by atomic mass is 32.2. The summed E-state index contributed by atoms with van der Waals surface area (Å²) in [6, 6.07) is 16.3. The van der Waals surface area contributed by atoms with E-state index in [-0.39, 0.29) is 11.6 Å². The Bertz CT molecular complexity index is 686. The van der Waals surface area contributed by atoms with Crippen LogP contribution in [-0.4, -0.2) is 35.5 Å². The lowest BCUT2D eigenvalue weighted by atomic mass is 10.1. The van der Waals surface area contributed by atoms with Gasteiger partial charge in [0, 0.05) is 12.7 Å². The van der Waals surface area contributed by atoms with Crippen LogP contribution < -0.4 is 4.72 Å². The van der Waals surface area contributed by atoms with E-state index >= 15 is 0 Å². The lowest BCUT2D eigenvalue weighted by Gasteiger charge is -2.12. The Morgan fingerprint density at radius 1 is 0.955 bits per heavy atom. The Morgan fingerprint density at radius 2 is 1.64 bits per heavy atom. The Labute approximate surface area is 130 Å². The van der Waals surface area contributed by atoms with Crippen molar-refractivity contribution in [1.29, 1.82) is 0 Å². The predicted molar refractivity (Wildman–Crippen MR) is 84.9 cm³/mol. The molecule has 0 unspecified atom stereocenters. The van der Waals surface area contributed by atoms with Crippen LogP contribution in [0.1, 0.15) is 0 Å². The number of methoxy groups -OCH3 is 1. The van der Waals surface area contributed by atoms with Gasteiger partial charge in [-0.05, 0) is 11.6 Å². The normalized spacial score (nSPS) is 11.5. The second kappa shape index (κ2) is 8.05. The highest BCUT2D eigenvalue weighted by Crippen LogP contribution is 2.26. The molecular weight excluding hydrogens is 302 g/mol. The van der Waals surface area contributed by atoms with Gasteiger partial charge >= 0.3 is 0 Å². The Morgan fingerprint density at radius 3 is 2.36 bits per heavy atom. The summed E-state index contributed by atoms with van der Waals surface area (Å²) in [7, 11) is -2.08. The molecule has 0 spiro atoms. The van der Waals surface area contributed by atoms with Crippen LogP contribution in [0, 0.1) is 0 Å². The molecule has 118 valence electrons. The zero-order valence-electron chi connectivity index (χ0n) is 12.4. The first-order valence-corrected chi connectivity index (χ1v) is 8.34. The molecule has 2 aromatic carbocycles. The van der Waals surface area contributed by atoms with Crippen LogP contribution in [-0.2, 0) is 19.5 Å². The average molecular weight is 321 g/mol. The Hall–Kier alpha value is -1.73. The number of hydrogen-bond acceptors (Lipinski definition) is 4. The van der Waals surface area contributed by atoms with Crippen molar-refractivity contribution >= 4 is 10.0 Å². The maximum atomic E-state index is 12.4. The molecule has 0 aromatic heterocycles. The van der Waals surface area contributed by atoms with Gasteiger partial charge in [-0.25, -0.2) is 8.42 Å². The molecule has 0 aliphatic rings. The van der Waals surface area contributed by atoms with E-state index in [2.05, 4.69) is 4.72 Å². The van der Waals surface area contributed by atoms with E-state index < -0.39 is 10.0 Å². The van der Waals surface area contributed by atoms with Crippen LogP contribution in [0.3, 0.4) is 0 Å². The number of benzene rings is 2. The molecule has 6 heteroatoms. The summed E-state index contributed by atoms with van der Waals surface area (Å²) in [6.45, 7) is 0.663. The molecular formula is C16H19NO4S. The van der Waals surface area contributed by atoms with Crippen molar-refractivity contribution in [1.82, 2.24) is 4.72 Å². The van der Waals surface area contributed by atoms with Crippen molar-refractivity contribution in [3.05, 3.63) is 54.6 Å². The minimum Gasteiger partial charge on any atom is -0.382 e. The maximum absolute atomic E-state index is 12.4. The van der Waals surface area contributed by atoms with Crippen molar-refractivity contribution in [2.24, 2.45) is 0 Å². The number of hydrogen-bond donors (Lipinski definition) is 1. The van der Waals surface area contributed by atoms with Gasteiger partial charge < -0.3 is 9.47 Å². The van der Waals surface area contributed by atoms with Gasteiger partial charge in [0.25, 0.3) is 0 Å². The molecule has 0 aliphatic heterocycles. The molecule has 0 radical (unpaired) electrons. The SMILES string of the molecule is COCCOCNS(=O)(=O)c1ccccc1-c1ccccc1. The first-order chi connectivity index (χ1) is 10.6. The lowest BCUT2D eigenvalue weighted by molar-refractivity contribution is 0.0688. The first-order valence-electron chi connectivity index (χ1n) is 6.86. The zero-order valence-corrected chi connectivity index (χ0v) is 13.2. The van der Waals surface area contributed by atoms with Crippen LogP contribution in [0.2, 0.25) is 0 Å². The van der Waals surface area contributed by atoms with Gasteiger partial charge in [-0.15, -0.1) is 0 Å². The quantitative estimate of drug-likeness (QED) is 0.598. The van der Waals surface area contributed by atoms with Crippen molar-refractivity contribution in [3.8, 4) is 11.1 Å². The van der Waals surface area contributed by atoms with Crippen LogP contribution in [0.15, 0.2) is 59.5 Å². The largest absolute Gasteiger partial charge is 0.382 e. The van der Waals surface area contributed by atoms with Crippen LogP contribution in [0.25, 0.3) is 11.1 Å². The molecule has 2 rings (SSSR count). The highest BCUT2D eigenvalue weighted by molar-refractivity contribution is 7.89. The Balaban J connectivity index is 2.18. The summed E-state index contributed by atoms with van der Waals surface area (Å²) in [6.07, 6.45) is 0. The summed E-state index contributed by atoms with van der Waals surface area (Å²) in [5.74, 6) is 0. The first kappa shape index (κ1) is 16.6. The van der Waals surface area contributed by atoms with E-state index in [0.29, 0.717) is 18.8 Å². The van der Waals surface area contributed by atoms with Gasteiger partial charge in [0.2, 0.25) is 10.0 Å². The third-order valence-corrected chi connectivity index (χ3v) is 4.48. The molecule has 1 N–H and O–H groups in total. The molecule has 0 aliphatic carbocycles. The van der Waals surface area contributed by atoms with E-state index in [4.69, 9.17) is 9.47 Å². The highest BCUT2D eigenvalue weighted by Gasteiger charge is 2.18. The predicted octanol–water partition coefficient (Wildman–Crippen LogP) is 2.25. The number of rotatable bonds is 8. The molecule has 22 heavy (non-hydrogen) atoms. The maximum Gasteiger partial charge on any atom is 0.243 e. The van der Waals surface area contributed by atoms with Gasteiger partial charge in [0.05, 0.1) is 18.1 Å². The fraction of sp³-hybridized carbons (Fsp3) is 0.250. The lowest BCUT2D eigenvalue weighted by Crippen LogP contribution is -2.27. The summed E-state index contributed by atoms with van der Waals surface area (Å²) in [5, 5.41) is 0. The average Bonchev–Trinajstić information content (AvgIpc) is 2.55. The van der Waals surface area contributed by atoms with Gasteiger partial charge in [0.1, 0.15) is 6.73 Å². The number of ether oxygens (including phenoxy) is 2. The van der Waals surface area contributed by atoms with E-state index in [1.54, 1.807) is 25.3 Å². The van der Waals surface area contributed by atoms with Gasteiger partial charge in [-0.2, -0.15) is 4.72 Å². The van der Waals surface area contributed by atoms with Crippen molar-refractivity contribution in [3.63, 3.8) is 0 Å². The van der Waals surface area contributed by atoms with Crippen molar-refractivity contribution < 1.29 is 17.9 Å². The molecule has 2 aromatic rings. The summed E-state index contributed by atoms with van der Waals surface area (Å²) < 4.78 is 37.3. The third kappa shape index (κ3) is 4.38. The van der Waals surface area contributed by atoms with Gasteiger partial charge in [0.15, 0.2) is 0 Å². The standard InChI is InChI=1S/C16H19NO4S/c1-20-11-12-21-13-17-22(18,19)16-10-6-5-9-15(16)14-7-3-2-4-8-14/h2-10,17H,11-13H2,1H3. The van der Waals surface area contributed by atoms with Gasteiger partial charge in [-0.3, -0.25) is 0 Å². The van der Waals surface area contributed by atoms with Crippen LogP contribution in [0.5, 0.6) is 0 Å². The van der Waals surface area contributed by atoms with Crippen LogP contribution in [0.4, 0.5) is 0 Å². The topological polar surface area (TPSA) is 64.6 Å². The molecule has 0 bridgehead atoms. The molecule has 0 saturated heterocycles. The fourth-order valence-electron chi connectivity index (χ4n) is 1.97. The molecule has 5 nitrogen and oxygen atoms in total. The van der Waals surface area contributed by atoms with E-state index in [1.807, 2.05) is 36.4 Å². The monoisotopic (exact) mass is 321 g/mol. The molecule has 0 saturated carbocycles. The zero-order chi connectivity index (χ0) is 15.8. The smallest absolute Gasteiger partial charge is 0.243 e. The second-order valence-electron chi connectivity index (χ2n) is 4.56. The summed E-state index contributed by atoms with van der Waals surface area (Å²) in [5.41, 5.74) is 1.51. The molecule has 0 amide bonds. The van der Waals surface area contributed by atoms with Crippen molar-refractivity contribution in [2.75, 3.05) is 27.1 Å². The van der Waals surface area contributed by atoms with E-state index in [0.717, 1.165) is 5.56 Å². The second-order valence-corrected chi connectivity index (χ2v) is 6.29. The number of nitrogens with one attached hydrogen (secondary N) is 1. The number of sulfonamides is 1. The minimum absolute atomic E-state index is 0.0885. The summed E-state index contributed by atoms with van der Waals surface area (Å²) in [4.78, 5) is 0.233. The third-order valence-electron chi connectivity index (χ3n) is 3.04. The molecule has 0 fully saturated rings. The summed E-state index contributed by atoms with van der Waals surface area (Å²) >= 11 is 0. The van der Waals surface area contributed by atoms with E-state index in [9.17, 15) is 8.42 Å².